The molecule has 0 bridgehead atoms. The summed E-state index contributed by atoms with van der Waals surface area (Å²) in [4.78, 5) is 50.2. The van der Waals surface area contributed by atoms with Crippen LogP contribution in [0.25, 0.3) is 0 Å². The lowest BCUT2D eigenvalue weighted by Gasteiger charge is -2.17. The van der Waals surface area contributed by atoms with Crippen LogP contribution in [0.4, 0.5) is 0 Å². The zero-order valence-electron chi connectivity index (χ0n) is 16.6. The smallest absolute Gasteiger partial charge is 0.326 e. The van der Waals surface area contributed by atoms with Gasteiger partial charge >= 0.3 is 5.97 Å². The minimum Gasteiger partial charge on any atom is -0.454 e. The Morgan fingerprint density at radius 1 is 1.06 bits per heavy atom. The fourth-order valence-electron chi connectivity index (χ4n) is 3.23. The minimum atomic E-state index is -1.14. The second kappa shape index (κ2) is 8.68. The summed E-state index contributed by atoms with van der Waals surface area (Å²) in [5, 5.41) is 2.87. The van der Waals surface area contributed by atoms with E-state index in [1.165, 1.54) is 19.1 Å². The lowest BCUT2D eigenvalue weighted by molar-refractivity contribution is -0.155. The summed E-state index contributed by atoms with van der Waals surface area (Å²) in [6.45, 7) is 1.05. The summed E-state index contributed by atoms with van der Waals surface area (Å²) in [7, 11) is 0. The number of esters is 1. The van der Waals surface area contributed by atoms with Crippen LogP contribution < -0.4 is 14.8 Å². The molecule has 0 aromatic heterocycles. The second-order valence-corrected chi connectivity index (χ2v) is 7.86. The van der Waals surface area contributed by atoms with Crippen LogP contribution in [0.3, 0.4) is 0 Å². The van der Waals surface area contributed by atoms with Crippen LogP contribution in [0.5, 0.6) is 11.5 Å². The highest BCUT2D eigenvalue weighted by Gasteiger charge is 2.38. The topological polar surface area (TPSA) is 111 Å². The molecular weight excluding hydrogens is 463 g/mol. The van der Waals surface area contributed by atoms with Crippen molar-refractivity contribution in [1.29, 1.82) is 0 Å². The van der Waals surface area contributed by atoms with Crippen molar-refractivity contribution in [3.8, 4) is 11.5 Å². The van der Waals surface area contributed by atoms with E-state index in [4.69, 9.17) is 37.4 Å². The maximum absolute atomic E-state index is 12.5. The normalized spacial score (nSPS) is 14.9. The van der Waals surface area contributed by atoms with Crippen LogP contribution >= 0.6 is 23.2 Å². The number of hydrogen-bond acceptors (Lipinski definition) is 7. The Bertz CT molecular complexity index is 1110. The van der Waals surface area contributed by atoms with Crippen LogP contribution in [-0.2, 0) is 20.9 Å². The molecule has 1 unspecified atom stereocenters. The molecule has 166 valence electrons. The number of amides is 3. The number of halogens is 2. The third kappa shape index (κ3) is 4.21. The number of carbonyl (C=O) groups excluding carboxylic acids is 4. The number of fused-ring (bicyclic) bond motifs is 2. The van der Waals surface area contributed by atoms with Crippen molar-refractivity contribution in [2.24, 2.45) is 0 Å². The first-order valence-corrected chi connectivity index (χ1v) is 10.2. The lowest BCUT2D eigenvalue weighted by atomic mass is 10.1. The average Bonchev–Trinajstić information content (AvgIpc) is 3.31. The van der Waals surface area contributed by atoms with Crippen molar-refractivity contribution < 1.29 is 33.4 Å². The molecule has 2 heterocycles. The summed E-state index contributed by atoms with van der Waals surface area (Å²) in [6.07, 6.45) is -1.14. The molecule has 9 nitrogen and oxygen atoms in total. The monoisotopic (exact) mass is 478 g/mol. The summed E-state index contributed by atoms with van der Waals surface area (Å²) >= 11 is 11.8. The number of ether oxygens (including phenoxy) is 3. The van der Waals surface area contributed by atoms with Gasteiger partial charge in [0.05, 0.1) is 21.2 Å². The van der Waals surface area contributed by atoms with Crippen molar-refractivity contribution in [2.75, 3.05) is 13.3 Å². The largest absolute Gasteiger partial charge is 0.454 e. The molecule has 1 N–H and O–H groups in total. The highest BCUT2D eigenvalue weighted by Crippen LogP contribution is 2.33. The molecule has 0 aliphatic carbocycles. The number of hydrogen-bond donors (Lipinski definition) is 1. The van der Waals surface area contributed by atoms with Gasteiger partial charge < -0.3 is 19.5 Å². The van der Waals surface area contributed by atoms with Gasteiger partial charge in [-0.3, -0.25) is 24.1 Å². The maximum Gasteiger partial charge on any atom is 0.326 e. The quantitative estimate of drug-likeness (QED) is 0.501. The summed E-state index contributed by atoms with van der Waals surface area (Å²) < 4.78 is 15.6. The van der Waals surface area contributed by atoms with Gasteiger partial charge in [-0.05, 0) is 36.8 Å². The molecule has 2 aromatic carbocycles. The third-order valence-corrected chi connectivity index (χ3v) is 5.60. The van der Waals surface area contributed by atoms with Crippen molar-refractivity contribution in [2.45, 2.75) is 19.6 Å². The van der Waals surface area contributed by atoms with Crippen LogP contribution in [0.2, 0.25) is 10.0 Å². The molecule has 0 saturated carbocycles. The van der Waals surface area contributed by atoms with Gasteiger partial charge in [0.1, 0.15) is 6.54 Å². The number of benzene rings is 2. The van der Waals surface area contributed by atoms with Crippen LogP contribution in [-0.4, -0.2) is 48.0 Å². The number of imide groups is 1. The predicted molar refractivity (Wildman–Crippen MR) is 112 cm³/mol. The SMILES string of the molecule is CC(OC(=O)CN1C(=O)c2cc(Cl)c(Cl)cc2C1=O)C(=O)NCc1ccc2c(c1)OCO2. The van der Waals surface area contributed by atoms with Crippen molar-refractivity contribution in [3.63, 3.8) is 0 Å². The Hall–Kier alpha value is -3.30. The summed E-state index contributed by atoms with van der Waals surface area (Å²) in [5.74, 6) is -1.64. The molecule has 2 aliphatic rings. The molecule has 0 radical (unpaired) electrons. The Balaban J connectivity index is 1.31. The molecule has 4 rings (SSSR count). The van der Waals surface area contributed by atoms with E-state index in [1.54, 1.807) is 18.2 Å². The highest BCUT2D eigenvalue weighted by molar-refractivity contribution is 6.43. The fourth-order valence-corrected chi connectivity index (χ4v) is 3.56. The van der Waals surface area contributed by atoms with Gasteiger partial charge in [0.15, 0.2) is 17.6 Å². The standard InChI is InChI=1S/C21H16Cl2N2O7/c1-10(19(27)24-7-11-2-3-16-17(4-11)31-9-30-16)32-18(26)8-25-20(28)12-5-14(22)15(23)6-13(12)21(25)29/h2-6,10H,7-9H2,1H3,(H,24,27). The molecule has 1 atom stereocenters. The van der Waals surface area contributed by atoms with E-state index < -0.39 is 36.3 Å². The molecule has 32 heavy (non-hydrogen) atoms. The van der Waals surface area contributed by atoms with Gasteiger partial charge in [-0.25, -0.2) is 0 Å². The molecular formula is C21H16Cl2N2O7. The maximum atomic E-state index is 12.5. The lowest BCUT2D eigenvalue weighted by Crippen LogP contribution is -2.40. The molecule has 11 heteroatoms. The molecule has 2 aliphatic heterocycles. The first-order valence-electron chi connectivity index (χ1n) is 9.45. The Morgan fingerprint density at radius 3 is 2.34 bits per heavy atom. The fraction of sp³-hybridized carbons (Fsp3) is 0.238. The first kappa shape index (κ1) is 21.9. The molecule has 0 spiro atoms. The molecule has 0 fully saturated rings. The Labute approximate surface area is 192 Å². The average molecular weight is 479 g/mol. The summed E-state index contributed by atoms with van der Waals surface area (Å²) in [6, 6.07) is 7.79. The van der Waals surface area contributed by atoms with E-state index >= 15 is 0 Å². The molecule has 3 amide bonds. The van der Waals surface area contributed by atoms with Crippen molar-refractivity contribution >= 4 is 46.9 Å². The van der Waals surface area contributed by atoms with Crippen LogP contribution in [0.1, 0.15) is 33.2 Å². The first-order chi connectivity index (χ1) is 15.2. The van der Waals surface area contributed by atoms with E-state index in [0.29, 0.717) is 11.5 Å². The second-order valence-electron chi connectivity index (χ2n) is 7.05. The van der Waals surface area contributed by atoms with E-state index in [0.717, 1.165) is 10.5 Å². The molecule has 2 aromatic rings. The summed E-state index contributed by atoms with van der Waals surface area (Å²) in [5.41, 5.74) is 0.864. The highest BCUT2D eigenvalue weighted by atomic mass is 35.5. The van der Waals surface area contributed by atoms with Gasteiger partial charge in [-0.1, -0.05) is 29.3 Å². The number of rotatable bonds is 6. The van der Waals surface area contributed by atoms with Crippen molar-refractivity contribution in [3.05, 3.63) is 57.1 Å². The van der Waals surface area contributed by atoms with E-state index in [2.05, 4.69) is 5.32 Å². The van der Waals surface area contributed by atoms with Gasteiger partial charge in [0.25, 0.3) is 17.7 Å². The van der Waals surface area contributed by atoms with Gasteiger partial charge in [-0.2, -0.15) is 0 Å². The minimum absolute atomic E-state index is 0.0479. The van der Waals surface area contributed by atoms with E-state index in [9.17, 15) is 19.2 Å². The van der Waals surface area contributed by atoms with Crippen LogP contribution in [0, 0.1) is 0 Å². The van der Waals surface area contributed by atoms with Gasteiger partial charge in [0.2, 0.25) is 6.79 Å². The van der Waals surface area contributed by atoms with E-state index in [-0.39, 0.29) is 34.5 Å². The number of carbonyl (C=O) groups is 4. The van der Waals surface area contributed by atoms with Gasteiger partial charge in [-0.15, -0.1) is 0 Å². The Kier molecular flexibility index (Phi) is 5.94. The number of nitrogens with one attached hydrogen (secondary N) is 1. The predicted octanol–water partition coefficient (Wildman–Crippen LogP) is 2.57. The van der Waals surface area contributed by atoms with Crippen LogP contribution in [0.15, 0.2) is 30.3 Å². The molecule has 0 saturated heterocycles. The van der Waals surface area contributed by atoms with E-state index in [1.807, 2.05) is 0 Å². The zero-order valence-corrected chi connectivity index (χ0v) is 18.2. The number of nitrogens with zero attached hydrogens (tertiary/aromatic N) is 1. The van der Waals surface area contributed by atoms with Gasteiger partial charge in [0, 0.05) is 6.54 Å². The third-order valence-electron chi connectivity index (χ3n) is 4.88. The Morgan fingerprint density at radius 2 is 1.69 bits per heavy atom. The van der Waals surface area contributed by atoms with Crippen molar-refractivity contribution in [1.82, 2.24) is 10.2 Å². The zero-order chi connectivity index (χ0) is 23.0.